The summed E-state index contributed by atoms with van der Waals surface area (Å²) >= 11 is 0. The van der Waals surface area contributed by atoms with Crippen molar-refractivity contribution in [3.8, 4) is 17.3 Å². The van der Waals surface area contributed by atoms with E-state index in [0.717, 1.165) is 54.2 Å². The first kappa shape index (κ1) is 25.5. The third kappa shape index (κ3) is 4.87. The van der Waals surface area contributed by atoms with Crippen LogP contribution in [0.2, 0.25) is 0 Å². The molecule has 0 bridgehead atoms. The summed E-state index contributed by atoms with van der Waals surface area (Å²) in [5.41, 5.74) is 3.87. The Bertz CT molecular complexity index is 1330. The Hall–Kier alpha value is -3.61. The van der Waals surface area contributed by atoms with Gasteiger partial charge in [-0.25, -0.2) is 14.8 Å². The zero-order valence-corrected chi connectivity index (χ0v) is 22.0. The third-order valence-corrected chi connectivity index (χ3v) is 6.66. The van der Waals surface area contributed by atoms with E-state index in [9.17, 15) is 4.79 Å². The van der Waals surface area contributed by atoms with Gasteiger partial charge in [-0.3, -0.25) is 0 Å². The zero-order chi connectivity index (χ0) is 26.0. The molecule has 0 aliphatic heterocycles. The van der Waals surface area contributed by atoms with Crippen molar-refractivity contribution in [1.82, 2.24) is 14.1 Å². The molecule has 1 saturated carbocycles. The topological polar surface area (TPSA) is 70.6 Å². The van der Waals surface area contributed by atoms with E-state index in [4.69, 9.17) is 14.5 Å². The van der Waals surface area contributed by atoms with Gasteiger partial charge in [0.05, 0.1) is 30.0 Å². The van der Waals surface area contributed by atoms with Crippen LogP contribution in [-0.2, 0) is 18.3 Å². The molecule has 2 heterocycles. The number of nitrogens with zero attached hydrogens (tertiary/aromatic N) is 4. The molecule has 1 aliphatic rings. The third-order valence-electron chi connectivity index (χ3n) is 6.66. The monoisotopic (exact) mass is 488 g/mol. The van der Waals surface area contributed by atoms with Crippen molar-refractivity contribution in [3.05, 3.63) is 48.1 Å². The zero-order valence-electron chi connectivity index (χ0n) is 22.0. The molecule has 36 heavy (non-hydrogen) atoms. The van der Waals surface area contributed by atoms with Gasteiger partial charge in [0, 0.05) is 19.2 Å². The minimum Gasteiger partial charge on any atom is -0.494 e. The number of rotatable bonds is 11. The van der Waals surface area contributed by atoms with Crippen LogP contribution in [-0.4, -0.2) is 40.0 Å². The van der Waals surface area contributed by atoms with E-state index in [1.54, 1.807) is 19.2 Å². The highest BCUT2D eigenvalue weighted by Crippen LogP contribution is 2.44. The number of allylic oxidation sites excluding steroid dienone is 2. The summed E-state index contributed by atoms with van der Waals surface area (Å²) in [6, 6.07) is 5.61. The van der Waals surface area contributed by atoms with Gasteiger partial charge in [0.2, 0.25) is 0 Å². The van der Waals surface area contributed by atoms with Gasteiger partial charge in [0.1, 0.15) is 17.1 Å². The highest BCUT2D eigenvalue weighted by atomic mass is 16.5. The van der Waals surface area contributed by atoms with E-state index in [0.29, 0.717) is 28.7 Å². The van der Waals surface area contributed by atoms with E-state index < -0.39 is 5.97 Å². The second-order valence-electron chi connectivity index (χ2n) is 9.66. The average Bonchev–Trinajstić information content (AvgIpc) is 3.41. The molecule has 2 atom stereocenters. The Morgan fingerprint density at radius 3 is 2.72 bits per heavy atom. The molecule has 190 valence electrons. The summed E-state index contributed by atoms with van der Waals surface area (Å²) in [6.45, 7) is 14.5. The maximum absolute atomic E-state index is 12.6. The van der Waals surface area contributed by atoms with E-state index >= 15 is 0 Å². The van der Waals surface area contributed by atoms with Gasteiger partial charge >= 0.3 is 5.97 Å². The number of methoxy groups -OCH3 is 1. The normalized spacial score (nSPS) is 17.2. The second-order valence-corrected chi connectivity index (χ2v) is 9.66. The van der Waals surface area contributed by atoms with Crippen molar-refractivity contribution in [2.75, 3.05) is 7.11 Å². The smallest absolute Gasteiger partial charge is 0.338 e. The van der Waals surface area contributed by atoms with Crippen LogP contribution in [0.1, 0.15) is 56.0 Å². The van der Waals surface area contributed by atoms with E-state index in [-0.39, 0.29) is 6.10 Å². The van der Waals surface area contributed by atoms with Crippen LogP contribution in [0.5, 0.6) is 5.75 Å². The first-order chi connectivity index (χ1) is 17.3. The first-order valence-electron chi connectivity index (χ1n) is 12.6. The van der Waals surface area contributed by atoms with Gasteiger partial charge in [0.25, 0.3) is 0 Å². The van der Waals surface area contributed by atoms with Gasteiger partial charge in [-0.05, 0) is 63.4 Å². The number of fused-ring (bicyclic) bond motifs is 1. The quantitative estimate of drug-likeness (QED) is 0.174. The molecule has 0 amide bonds. The van der Waals surface area contributed by atoms with Gasteiger partial charge in [-0.15, -0.1) is 6.58 Å². The Labute approximate surface area is 213 Å². The molecule has 1 aromatic carbocycles. The highest BCUT2D eigenvalue weighted by Gasteiger charge is 2.36. The van der Waals surface area contributed by atoms with Crippen molar-refractivity contribution in [3.63, 3.8) is 0 Å². The summed E-state index contributed by atoms with van der Waals surface area (Å²) in [5, 5.41) is 0. The fourth-order valence-electron chi connectivity index (χ4n) is 4.71. The van der Waals surface area contributed by atoms with Gasteiger partial charge in [0.15, 0.2) is 5.82 Å². The average molecular weight is 489 g/mol. The highest BCUT2D eigenvalue weighted by molar-refractivity contribution is 5.97. The van der Waals surface area contributed by atoms with Gasteiger partial charge in [-0.1, -0.05) is 31.6 Å². The SMILES string of the molecule is C=CC1CC1Cn1c(-c2nc3cc(C(=O)OC(C)C)cc(OC)c3n2C)cc(/C=C\CCC)c1N=C. The number of unbranched alkanes of at least 4 members (excludes halogenated alkanes) is 1. The predicted molar refractivity (Wildman–Crippen MR) is 146 cm³/mol. The molecule has 4 rings (SSSR count). The molecular weight excluding hydrogens is 452 g/mol. The minimum atomic E-state index is -0.397. The summed E-state index contributed by atoms with van der Waals surface area (Å²) in [7, 11) is 3.56. The number of hydrogen-bond donors (Lipinski definition) is 0. The van der Waals surface area contributed by atoms with Crippen LogP contribution in [0, 0.1) is 11.8 Å². The Kier molecular flexibility index (Phi) is 7.48. The molecule has 0 spiro atoms. The second kappa shape index (κ2) is 10.6. The molecule has 0 N–H and O–H groups in total. The van der Waals surface area contributed by atoms with Gasteiger partial charge in [-0.2, -0.15) is 0 Å². The number of aliphatic imine (C=N–C) groups is 1. The molecule has 1 fully saturated rings. The lowest BCUT2D eigenvalue weighted by Gasteiger charge is -2.12. The lowest BCUT2D eigenvalue weighted by molar-refractivity contribution is 0.0377. The molecule has 7 heteroatoms. The number of hydrogen-bond acceptors (Lipinski definition) is 5. The van der Waals surface area contributed by atoms with E-state index in [2.05, 4.69) is 48.0 Å². The lowest BCUT2D eigenvalue weighted by Crippen LogP contribution is -2.11. The van der Waals surface area contributed by atoms with Crippen molar-refractivity contribution in [2.45, 2.75) is 52.7 Å². The van der Waals surface area contributed by atoms with Crippen molar-refractivity contribution >= 4 is 35.6 Å². The van der Waals surface area contributed by atoms with E-state index in [1.165, 1.54) is 0 Å². The number of benzene rings is 1. The number of carbonyl (C=O) groups excluding carboxylic acids is 1. The maximum Gasteiger partial charge on any atom is 0.338 e. The number of imidazole rings is 1. The van der Waals surface area contributed by atoms with Gasteiger partial charge < -0.3 is 18.6 Å². The molecule has 7 nitrogen and oxygen atoms in total. The molecular formula is C29H36N4O3. The van der Waals surface area contributed by atoms with Crippen LogP contribution in [0.3, 0.4) is 0 Å². The van der Waals surface area contributed by atoms with Crippen LogP contribution in [0.15, 0.2) is 41.9 Å². The predicted octanol–water partition coefficient (Wildman–Crippen LogP) is 6.58. The summed E-state index contributed by atoms with van der Waals surface area (Å²) < 4.78 is 15.3. The van der Waals surface area contributed by atoms with Crippen LogP contribution in [0.25, 0.3) is 28.6 Å². The summed E-state index contributed by atoms with van der Waals surface area (Å²) in [5.74, 6) is 2.82. The Balaban J connectivity index is 1.87. The summed E-state index contributed by atoms with van der Waals surface area (Å²) in [6.07, 6.45) is 9.31. The van der Waals surface area contributed by atoms with Crippen LogP contribution < -0.4 is 4.74 Å². The first-order valence-corrected chi connectivity index (χ1v) is 12.6. The standard InChI is InChI=1S/C29H36N4O3/c1-8-10-11-12-20-15-24(33(27(20)30-5)17-22-13-19(22)9-2)28-31-23-14-21(29(34)36-18(3)4)16-25(35-7)26(23)32(28)6/h9,11-12,14-16,18-19,22H,2,5,8,10,13,17H2,1,3-4,6-7H3/b12-11-. The fraction of sp³-hybridized carbons (Fsp3) is 0.414. The minimum absolute atomic E-state index is 0.215. The Morgan fingerprint density at radius 1 is 1.33 bits per heavy atom. The largest absolute Gasteiger partial charge is 0.494 e. The molecule has 0 saturated heterocycles. The fourth-order valence-corrected chi connectivity index (χ4v) is 4.71. The van der Waals surface area contributed by atoms with Crippen LogP contribution >= 0.6 is 0 Å². The van der Waals surface area contributed by atoms with Crippen LogP contribution in [0.4, 0.5) is 5.82 Å². The molecule has 1 aliphatic carbocycles. The molecule has 2 unspecified atom stereocenters. The molecule has 0 radical (unpaired) electrons. The van der Waals surface area contributed by atoms with Crippen molar-refractivity contribution in [2.24, 2.45) is 23.9 Å². The summed E-state index contributed by atoms with van der Waals surface area (Å²) in [4.78, 5) is 22.0. The lowest BCUT2D eigenvalue weighted by atomic mass is 10.2. The molecule has 2 aromatic heterocycles. The van der Waals surface area contributed by atoms with E-state index in [1.807, 2.05) is 31.5 Å². The number of esters is 1. The van der Waals surface area contributed by atoms with Crippen molar-refractivity contribution in [1.29, 1.82) is 0 Å². The number of aryl methyl sites for hydroxylation is 1. The number of carbonyl (C=O) groups is 1. The van der Waals surface area contributed by atoms with Crippen molar-refractivity contribution < 1.29 is 14.3 Å². The molecule has 3 aromatic rings. The number of ether oxygens (including phenoxy) is 2. The number of aromatic nitrogens is 3. The Morgan fingerprint density at radius 2 is 2.11 bits per heavy atom. The maximum atomic E-state index is 12.6.